The third-order valence-corrected chi connectivity index (χ3v) is 6.08. The normalized spacial score (nSPS) is 15.8. The highest BCUT2D eigenvalue weighted by Gasteiger charge is 2.23. The molecule has 1 atom stereocenters. The van der Waals surface area contributed by atoms with Gasteiger partial charge in [0, 0.05) is 24.4 Å². The van der Waals surface area contributed by atoms with Gasteiger partial charge < -0.3 is 4.90 Å². The van der Waals surface area contributed by atoms with Crippen LogP contribution in [0, 0.1) is 0 Å². The third-order valence-electron chi connectivity index (χ3n) is 3.79. The van der Waals surface area contributed by atoms with E-state index in [2.05, 4.69) is 9.97 Å². The fourth-order valence-corrected chi connectivity index (χ4v) is 5.12. The fourth-order valence-electron chi connectivity index (χ4n) is 2.73. The van der Waals surface area contributed by atoms with Crippen LogP contribution in [0.25, 0.3) is 10.2 Å². The van der Waals surface area contributed by atoms with Crippen LogP contribution in [0.4, 0.5) is 0 Å². The number of carbonyl (C=O) groups excluding carboxylic acids is 1. The monoisotopic (exact) mass is 321 g/mol. The van der Waals surface area contributed by atoms with Crippen molar-refractivity contribution in [2.75, 3.05) is 14.1 Å². The first kappa shape index (κ1) is 14.8. The van der Waals surface area contributed by atoms with E-state index in [9.17, 15) is 4.79 Å². The summed E-state index contributed by atoms with van der Waals surface area (Å²) in [7, 11) is 3.59. The quantitative estimate of drug-likeness (QED) is 0.643. The van der Waals surface area contributed by atoms with Gasteiger partial charge in [-0.3, -0.25) is 4.79 Å². The zero-order chi connectivity index (χ0) is 15.0. The highest BCUT2D eigenvalue weighted by atomic mass is 32.2. The molecule has 3 rings (SSSR count). The summed E-state index contributed by atoms with van der Waals surface area (Å²) in [4.78, 5) is 25.1. The third kappa shape index (κ3) is 2.79. The van der Waals surface area contributed by atoms with Crippen LogP contribution in [0.15, 0.2) is 11.4 Å². The maximum Gasteiger partial charge on any atom is 0.235 e. The van der Waals surface area contributed by atoms with Gasteiger partial charge in [-0.05, 0) is 38.2 Å². The standard InChI is InChI=1S/C15H19N3OS2/c1-9(15(19)18(2)3)20-13-12-10-6-4-5-7-11(10)21-14(12)17-8-16-13/h8-9H,4-7H2,1-3H3/t9-/m1/s1. The van der Waals surface area contributed by atoms with Crippen molar-refractivity contribution in [1.82, 2.24) is 14.9 Å². The van der Waals surface area contributed by atoms with Crippen LogP contribution in [0.3, 0.4) is 0 Å². The number of amides is 1. The Hall–Kier alpha value is -1.14. The molecule has 2 heterocycles. The van der Waals surface area contributed by atoms with Crippen LogP contribution < -0.4 is 0 Å². The Balaban J connectivity index is 1.99. The van der Waals surface area contributed by atoms with Gasteiger partial charge in [0.05, 0.1) is 5.25 Å². The predicted octanol–water partition coefficient (Wildman–Crippen LogP) is 3.14. The second-order valence-corrected chi connectivity index (χ2v) is 7.98. The van der Waals surface area contributed by atoms with E-state index in [-0.39, 0.29) is 11.2 Å². The molecule has 1 amide bonds. The number of thioether (sulfide) groups is 1. The first-order valence-corrected chi connectivity index (χ1v) is 8.90. The van der Waals surface area contributed by atoms with Crippen LogP contribution >= 0.6 is 23.1 Å². The van der Waals surface area contributed by atoms with E-state index in [1.807, 2.05) is 6.92 Å². The maximum atomic E-state index is 12.1. The first-order chi connectivity index (χ1) is 10.1. The summed E-state index contributed by atoms with van der Waals surface area (Å²) in [5.41, 5.74) is 1.42. The van der Waals surface area contributed by atoms with E-state index >= 15 is 0 Å². The number of thiophene rings is 1. The van der Waals surface area contributed by atoms with Crippen molar-refractivity contribution in [3.63, 3.8) is 0 Å². The molecule has 0 saturated carbocycles. The number of carbonyl (C=O) groups is 1. The summed E-state index contributed by atoms with van der Waals surface area (Å²) >= 11 is 3.35. The molecule has 112 valence electrons. The first-order valence-electron chi connectivity index (χ1n) is 7.21. The molecule has 0 unspecified atom stereocenters. The van der Waals surface area contributed by atoms with Gasteiger partial charge in [-0.15, -0.1) is 11.3 Å². The molecule has 0 aromatic carbocycles. The van der Waals surface area contributed by atoms with Crippen LogP contribution in [0.1, 0.15) is 30.2 Å². The molecule has 6 heteroatoms. The summed E-state index contributed by atoms with van der Waals surface area (Å²) in [5, 5.41) is 2.03. The smallest absolute Gasteiger partial charge is 0.235 e. The van der Waals surface area contributed by atoms with Gasteiger partial charge in [0.25, 0.3) is 0 Å². The molecule has 1 aliphatic carbocycles. The zero-order valence-electron chi connectivity index (χ0n) is 12.5. The summed E-state index contributed by atoms with van der Waals surface area (Å²) in [5.74, 6) is 0.121. The number of fused-ring (bicyclic) bond motifs is 3. The lowest BCUT2D eigenvalue weighted by Gasteiger charge is -2.17. The lowest BCUT2D eigenvalue weighted by atomic mass is 9.97. The Labute approximate surface area is 133 Å². The molecule has 0 N–H and O–H groups in total. The Bertz CT molecular complexity index is 681. The number of rotatable bonds is 3. The molecular formula is C15H19N3OS2. The Morgan fingerprint density at radius 2 is 2.10 bits per heavy atom. The van der Waals surface area contributed by atoms with Gasteiger partial charge in [0.2, 0.25) is 5.91 Å². The average molecular weight is 321 g/mol. The summed E-state index contributed by atoms with van der Waals surface area (Å²) in [6.07, 6.45) is 6.41. The molecule has 0 fully saturated rings. The van der Waals surface area contributed by atoms with E-state index in [0.29, 0.717) is 0 Å². The largest absolute Gasteiger partial charge is 0.348 e. The van der Waals surface area contributed by atoms with Crippen molar-refractivity contribution < 1.29 is 4.79 Å². The minimum Gasteiger partial charge on any atom is -0.348 e. The number of nitrogens with zero attached hydrogens (tertiary/aromatic N) is 3. The summed E-state index contributed by atoms with van der Waals surface area (Å²) < 4.78 is 0. The van der Waals surface area contributed by atoms with E-state index in [4.69, 9.17) is 0 Å². The maximum absolute atomic E-state index is 12.1. The van der Waals surface area contributed by atoms with Crippen molar-refractivity contribution >= 4 is 39.2 Å². The SMILES string of the molecule is C[C@@H](Sc1ncnc2sc3c(c12)CCCC3)C(=O)N(C)C. The molecule has 0 saturated heterocycles. The molecule has 0 aliphatic heterocycles. The molecule has 0 spiro atoms. The average Bonchev–Trinajstić information content (AvgIpc) is 2.85. The van der Waals surface area contributed by atoms with Crippen molar-refractivity contribution in [1.29, 1.82) is 0 Å². The molecule has 0 radical (unpaired) electrons. The Kier molecular flexibility index (Phi) is 4.17. The highest BCUT2D eigenvalue weighted by Crippen LogP contribution is 2.40. The molecule has 1 aliphatic rings. The number of hydrogen-bond donors (Lipinski definition) is 0. The molecule has 2 aromatic heterocycles. The Morgan fingerprint density at radius 1 is 1.33 bits per heavy atom. The van der Waals surface area contributed by atoms with Crippen molar-refractivity contribution in [3.05, 3.63) is 16.8 Å². The predicted molar refractivity (Wildman–Crippen MR) is 88.1 cm³/mol. The fraction of sp³-hybridized carbons (Fsp3) is 0.533. The number of aryl methyl sites for hydroxylation is 2. The van der Waals surface area contributed by atoms with Gasteiger partial charge in [0.1, 0.15) is 16.2 Å². The minimum absolute atomic E-state index is 0.121. The van der Waals surface area contributed by atoms with Crippen LogP contribution in [-0.4, -0.2) is 40.1 Å². The zero-order valence-corrected chi connectivity index (χ0v) is 14.2. The number of aromatic nitrogens is 2. The lowest BCUT2D eigenvalue weighted by molar-refractivity contribution is -0.127. The lowest BCUT2D eigenvalue weighted by Crippen LogP contribution is -2.29. The van der Waals surface area contributed by atoms with E-state index in [1.165, 1.54) is 28.7 Å². The van der Waals surface area contributed by atoms with E-state index in [1.54, 1.807) is 48.4 Å². The van der Waals surface area contributed by atoms with Crippen molar-refractivity contribution in [3.8, 4) is 0 Å². The Morgan fingerprint density at radius 3 is 2.86 bits per heavy atom. The molecular weight excluding hydrogens is 302 g/mol. The van der Waals surface area contributed by atoms with Gasteiger partial charge in [0.15, 0.2) is 0 Å². The second kappa shape index (κ2) is 5.93. The van der Waals surface area contributed by atoms with Crippen LogP contribution in [0.5, 0.6) is 0 Å². The molecule has 4 nitrogen and oxygen atoms in total. The van der Waals surface area contributed by atoms with Crippen LogP contribution in [-0.2, 0) is 17.6 Å². The number of hydrogen-bond acceptors (Lipinski definition) is 5. The van der Waals surface area contributed by atoms with Crippen LogP contribution in [0.2, 0.25) is 0 Å². The topological polar surface area (TPSA) is 46.1 Å². The van der Waals surface area contributed by atoms with Gasteiger partial charge in [-0.1, -0.05) is 11.8 Å². The van der Waals surface area contributed by atoms with Gasteiger partial charge in [-0.2, -0.15) is 0 Å². The van der Waals surface area contributed by atoms with Crippen molar-refractivity contribution in [2.45, 2.75) is 42.9 Å². The molecule has 2 aromatic rings. The summed E-state index contributed by atoms with van der Waals surface area (Å²) in [6, 6.07) is 0. The van der Waals surface area contributed by atoms with Crippen molar-refractivity contribution in [2.24, 2.45) is 0 Å². The van der Waals surface area contributed by atoms with E-state index in [0.717, 1.165) is 22.7 Å². The summed E-state index contributed by atoms with van der Waals surface area (Å²) in [6.45, 7) is 1.94. The van der Waals surface area contributed by atoms with Gasteiger partial charge >= 0.3 is 0 Å². The van der Waals surface area contributed by atoms with E-state index < -0.39 is 0 Å². The minimum atomic E-state index is -0.128. The highest BCUT2D eigenvalue weighted by molar-refractivity contribution is 8.00. The molecule has 21 heavy (non-hydrogen) atoms. The second-order valence-electron chi connectivity index (χ2n) is 5.56. The molecule has 0 bridgehead atoms. The van der Waals surface area contributed by atoms with Gasteiger partial charge in [-0.25, -0.2) is 9.97 Å².